The minimum Gasteiger partial charge on any atom is -0.222 e. The Morgan fingerprint density at radius 1 is 1.40 bits per heavy atom. The van der Waals surface area contributed by atoms with Crippen LogP contribution in [0.15, 0.2) is 21.8 Å². The number of thioether (sulfide) groups is 1. The van der Waals surface area contributed by atoms with Gasteiger partial charge in [-0.3, -0.25) is 0 Å². The van der Waals surface area contributed by atoms with Gasteiger partial charge in [-0.2, -0.15) is 0 Å². The van der Waals surface area contributed by atoms with Gasteiger partial charge in [-0.05, 0) is 28.3 Å². The van der Waals surface area contributed by atoms with Crippen LogP contribution >= 0.6 is 39.3 Å². The van der Waals surface area contributed by atoms with E-state index in [4.69, 9.17) is 11.6 Å². The Kier molecular flexibility index (Phi) is 3.13. The van der Waals surface area contributed by atoms with Gasteiger partial charge >= 0.3 is 0 Å². The van der Waals surface area contributed by atoms with Gasteiger partial charge in [-0.1, -0.05) is 23.4 Å². The van der Waals surface area contributed by atoms with Crippen LogP contribution in [0, 0.1) is 5.82 Å². The number of hydrogen-bond acceptors (Lipinski definition) is 3. The molecular formula is C9H5BrClFN2S. The molecule has 1 heterocycles. The third-order valence-electron chi connectivity index (χ3n) is 1.85. The van der Waals surface area contributed by atoms with Gasteiger partial charge in [0.2, 0.25) is 0 Å². The van der Waals surface area contributed by atoms with E-state index in [2.05, 4.69) is 25.9 Å². The molecule has 0 N–H and O–H groups in total. The molecule has 0 amide bonds. The maximum absolute atomic E-state index is 13.3. The van der Waals surface area contributed by atoms with Gasteiger partial charge in [0, 0.05) is 11.5 Å². The predicted molar refractivity (Wildman–Crippen MR) is 64.0 cm³/mol. The van der Waals surface area contributed by atoms with Crippen molar-refractivity contribution in [1.29, 1.82) is 0 Å². The van der Waals surface area contributed by atoms with Crippen LogP contribution in [0.5, 0.6) is 0 Å². The minimum absolute atomic E-state index is 0.338. The standard InChI is InChI=1S/C9H5BrClFN2S/c1-15-9-13-7-3-6(12)5(10)2-4(7)8(11)14-9/h2-3H,1H3. The highest BCUT2D eigenvalue weighted by molar-refractivity contribution is 9.10. The molecule has 0 atom stereocenters. The van der Waals surface area contributed by atoms with Crippen LogP contribution in [0.1, 0.15) is 0 Å². The molecule has 0 saturated carbocycles. The van der Waals surface area contributed by atoms with E-state index in [1.165, 1.54) is 17.8 Å². The summed E-state index contributed by atoms with van der Waals surface area (Å²) in [4.78, 5) is 8.23. The molecule has 1 aromatic heterocycles. The number of aromatic nitrogens is 2. The largest absolute Gasteiger partial charge is 0.222 e. The van der Waals surface area contributed by atoms with Crippen LogP contribution in [-0.4, -0.2) is 16.2 Å². The van der Waals surface area contributed by atoms with Crippen LogP contribution < -0.4 is 0 Å². The summed E-state index contributed by atoms with van der Waals surface area (Å²) in [5, 5.41) is 1.52. The molecule has 0 unspecified atom stereocenters. The van der Waals surface area contributed by atoms with Crippen LogP contribution in [-0.2, 0) is 0 Å². The van der Waals surface area contributed by atoms with Crippen molar-refractivity contribution in [1.82, 2.24) is 9.97 Å². The van der Waals surface area contributed by atoms with Crippen LogP contribution in [0.3, 0.4) is 0 Å². The Hall–Kier alpha value is -0.390. The molecule has 15 heavy (non-hydrogen) atoms. The Morgan fingerprint density at radius 2 is 2.13 bits per heavy atom. The fourth-order valence-corrected chi connectivity index (χ4v) is 2.15. The number of benzene rings is 1. The maximum Gasteiger partial charge on any atom is 0.189 e. The maximum atomic E-state index is 13.3. The molecular weight excluding hydrogens is 303 g/mol. The van der Waals surface area contributed by atoms with Crippen LogP contribution in [0.4, 0.5) is 4.39 Å². The topological polar surface area (TPSA) is 25.8 Å². The van der Waals surface area contributed by atoms with E-state index >= 15 is 0 Å². The number of halogens is 3. The fourth-order valence-electron chi connectivity index (χ4n) is 1.16. The van der Waals surface area contributed by atoms with Crippen molar-refractivity contribution in [3.05, 3.63) is 27.6 Å². The summed E-state index contributed by atoms with van der Waals surface area (Å²) in [5.74, 6) is -0.357. The first-order valence-corrected chi connectivity index (χ1v) is 6.37. The summed E-state index contributed by atoms with van der Waals surface area (Å²) in [6.07, 6.45) is 1.84. The summed E-state index contributed by atoms with van der Waals surface area (Å²) in [7, 11) is 0. The van der Waals surface area contributed by atoms with Gasteiger partial charge in [0.1, 0.15) is 11.0 Å². The number of nitrogens with zero attached hydrogens (tertiary/aromatic N) is 2. The Bertz CT molecular complexity index is 535. The predicted octanol–water partition coefficient (Wildman–Crippen LogP) is 3.91. The molecule has 78 valence electrons. The van der Waals surface area contributed by atoms with E-state index in [0.29, 0.717) is 25.7 Å². The minimum atomic E-state index is -0.357. The first-order valence-electron chi connectivity index (χ1n) is 3.98. The molecule has 0 radical (unpaired) electrons. The average Bonchev–Trinajstić information content (AvgIpc) is 2.21. The van der Waals surface area contributed by atoms with Crippen LogP contribution in [0.25, 0.3) is 10.9 Å². The van der Waals surface area contributed by atoms with E-state index in [1.54, 1.807) is 6.07 Å². The highest BCUT2D eigenvalue weighted by Crippen LogP contribution is 2.28. The fraction of sp³-hybridized carbons (Fsp3) is 0.111. The molecule has 2 aromatic rings. The summed E-state index contributed by atoms with van der Waals surface area (Å²) in [6, 6.07) is 2.92. The second-order valence-corrected chi connectivity index (χ2v) is 4.77. The highest BCUT2D eigenvalue weighted by Gasteiger charge is 2.09. The lowest BCUT2D eigenvalue weighted by Crippen LogP contribution is -1.90. The molecule has 0 saturated heterocycles. The van der Waals surface area contributed by atoms with Crippen molar-refractivity contribution in [3.63, 3.8) is 0 Å². The summed E-state index contributed by atoms with van der Waals surface area (Å²) >= 11 is 10.4. The van der Waals surface area contributed by atoms with Gasteiger partial charge in [0.25, 0.3) is 0 Å². The Morgan fingerprint density at radius 3 is 2.80 bits per heavy atom. The molecule has 0 spiro atoms. The van der Waals surface area contributed by atoms with Crippen molar-refractivity contribution in [2.75, 3.05) is 6.26 Å². The molecule has 0 aliphatic rings. The third kappa shape index (κ3) is 2.09. The van der Waals surface area contributed by atoms with Crippen LogP contribution in [0.2, 0.25) is 5.15 Å². The lowest BCUT2D eigenvalue weighted by molar-refractivity contribution is 0.622. The lowest BCUT2D eigenvalue weighted by atomic mass is 10.2. The molecule has 0 aliphatic heterocycles. The number of hydrogen-bond donors (Lipinski definition) is 0. The van der Waals surface area contributed by atoms with Crippen molar-refractivity contribution >= 4 is 50.2 Å². The van der Waals surface area contributed by atoms with E-state index in [1.807, 2.05) is 6.26 Å². The zero-order chi connectivity index (χ0) is 11.0. The van der Waals surface area contributed by atoms with Gasteiger partial charge < -0.3 is 0 Å². The zero-order valence-corrected chi connectivity index (χ0v) is 10.7. The Labute approximate surface area is 103 Å². The first-order chi connectivity index (χ1) is 7.11. The summed E-state index contributed by atoms with van der Waals surface area (Å²) in [6.45, 7) is 0. The summed E-state index contributed by atoms with van der Waals surface area (Å²) in [5.41, 5.74) is 0.514. The number of rotatable bonds is 1. The van der Waals surface area contributed by atoms with E-state index < -0.39 is 0 Å². The van der Waals surface area contributed by atoms with Gasteiger partial charge in [-0.25, -0.2) is 14.4 Å². The van der Waals surface area contributed by atoms with Gasteiger partial charge in [0.05, 0.1) is 9.99 Å². The monoisotopic (exact) mass is 306 g/mol. The normalized spacial score (nSPS) is 10.9. The second-order valence-electron chi connectivity index (χ2n) is 2.78. The van der Waals surface area contributed by atoms with E-state index in [9.17, 15) is 4.39 Å². The quantitative estimate of drug-likeness (QED) is 0.454. The third-order valence-corrected chi connectivity index (χ3v) is 3.30. The molecule has 2 nitrogen and oxygen atoms in total. The van der Waals surface area contributed by atoms with Crippen molar-refractivity contribution in [2.45, 2.75) is 5.16 Å². The molecule has 6 heteroatoms. The summed E-state index contributed by atoms with van der Waals surface area (Å²) < 4.78 is 13.6. The van der Waals surface area contributed by atoms with Crippen molar-refractivity contribution in [2.24, 2.45) is 0 Å². The number of fused-ring (bicyclic) bond motifs is 1. The van der Waals surface area contributed by atoms with Gasteiger partial charge in [0.15, 0.2) is 5.16 Å². The van der Waals surface area contributed by atoms with Gasteiger partial charge in [-0.15, -0.1) is 0 Å². The van der Waals surface area contributed by atoms with E-state index in [-0.39, 0.29) is 5.82 Å². The lowest BCUT2D eigenvalue weighted by Gasteiger charge is -2.03. The molecule has 1 aromatic carbocycles. The highest BCUT2D eigenvalue weighted by atomic mass is 79.9. The SMILES string of the molecule is CSc1nc(Cl)c2cc(Br)c(F)cc2n1. The van der Waals surface area contributed by atoms with E-state index in [0.717, 1.165) is 0 Å². The first kappa shape index (κ1) is 11.1. The molecule has 0 fully saturated rings. The second kappa shape index (κ2) is 4.23. The van der Waals surface area contributed by atoms with Crippen molar-refractivity contribution in [3.8, 4) is 0 Å². The smallest absolute Gasteiger partial charge is 0.189 e. The molecule has 2 rings (SSSR count). The average molecular weight is 308 g/mol. The molecule has 0 bridgehead atoms. The van der Waals surface area contributed by atoms with Crippen molar-refractivity contribution < 1.29 is 4.39 Å². The zero-order valence-electron chi connectivity index (χ0n) is 7.59. The molecule has 0 aliphatic carbocycles. The Balaban J connectivity index is 2.80.